The maximum atomic E-state index is 12.2. The van der Waals surface area contributed by atoms with E-state index in [2.05, 4.69) is 10.3 Å². The van der Waals surface area contributed by atoms with Crippen molar-refractivity contribution in [1.82, 2.24) is 14.9 Å². The number of carbonyl (C=O) groups is 1. The molecule has 140 valence electrons. The van der Waals surface area contributed by atoms with Crippen LogP contribution >= 0.6 is 35.0 Å². The number of nitrogens with zero attached hydrogens (tertiary/aromatic N) is 2. The van der Waals surface area contributed by atoms with Gasteiger partial charge < -0.3 is 9.88 Å². The van der Waals surface area contributed by atoms with E-state index in [0.29, 0.717) is 28.1 Å². The number of nitrogens with one attached hydrogen (secondary N) is 1. The van der Waals surface area contributed by atoms with Crippen molar-refractivity contribution in [3.8, 4) is 5.69 Å². The molecule has 0 spiro atoms. The monoisotopic (exact) mass is 419 g/mol. The zero-order valence-electron chi connectivity index (χ0n) is 14.8. The molecule has 4 nitrogen and oxygen atoms in total. The summed E-state index contributed by atoms with van der Waals surface area (Å²) in [5.41, 5.74) is 2.91. The van der Waals surface area contributed by atoms with Crippen LogP contribution in [0.15, 0.2) is 54.9 Å². The van der Waals surface area contributed by atoms with Gasteiger partial charge in [0.05, 0.1) is 11.4 Å². The average molecular weight is 420 g/mol. The topological polar surface area (TPSA) is 46.9 Å². The van der Waals surface area contributed by atoms with Crippen LogP contribution in [-0.4, -0.2) is 21.2 Å². The van der Waals surface area contributed by atoms with Gasteiger partial charge in [-0.3, -0.25) is 4.79 Å². The molecule has 0 atom stereocenters. The minimum absolute atomic E-state index is 0.0275. The SMILES string of the molecule is Cc1nccn1-c1ccccc1CNC(=O)CSCc1c(Cl)cccc1Cl. The Labute approximate surface area is 172 Å². The van der Waals surface area contributed by atoms with E-state index in [0.717, 1.165) is 22.6 Å². The van der Waals surface area contributed by atoms with Gasteiger partial charge in [-0.15, -0.1) is 11.8 Å². The molecule has 0 aliphatic rings. The van der Waals surface area contributed by atoms with Crippen LogP contribution in [0.25, 0.3) is 5.69 Å². The van der Waals surface area contributed by atoms with Gasteiger partial charge in [-0.1, -0.05) is 47.5 Å². The Morgan fingerprint density at radius 3 is 2.59 bits per heavy atom. The summed E-state index contributed by atoms with van der Waals surface area (Å²) in [5, 5.41) is 4.23. The van der Waals surface area contributed by atoms with Gasteiger partial charge >= 0.3 is 0 Å². The molecule has 0 unspecified atom stereocenters. The van der Waals surface area contributed by atoms with Crippen molar-refractivity contribution in [3.05, 3.63) is 81.9 Å². The number of hydrogen-bond donors (Lipinski definition) is 1. The fourth-order valence-electron chi connectivity index (χ4n) is 2.69. The summed E-state index contributed by atoms with van der Waals surface area (Å²) in [7, 11) is 0. The largest absolute Gasteiger partial charge is 0.351 e. The van der Waals surface area contributed by atoms with Crippen molar-refractivity contribution >= 4 is 40.9 Å². The molecule has 27 heavy (non-hydrogen) atoms. The Balaban J connectivity index is 1.55. The van der Waals surface area contributed by atoms with E-state index in [-0.39, 0.29) is 5.91 Å². The molecule has 3 rings (SSSR count). The van der Waals surface area contributed by atoms with Crippen molar-refractivity contribution < 1.29 is 4.79 Å². The molecule has 0 saturated heterocycles. The lowest BCUT2D eigenvalue weighted by Crippen LogP contribution is -2.25. The molecule has 0 aliphatic heterocycles. The smallest absolute Gasteiger partial charge is 0.230 e. The van der Waals surface area contributed by atoms with Crippen LogP contribution in [0, 0.1) is 6.92 Å². The highest BCUT2D eigenvalue weighted by molar-refractivity contribution is 7.99. The van der Waals surface area contributed by atoms with E-state index < -0.39 is 0 Å². The van der Waals surface area contributed by atoms with Crippen molar-refractivity contribution in [1.29, 1.82) is 0 Å². The molecule has 0 saturated carbocycles. The van der Waals surface area contributed by atoms with E-state index in [4.69, 9.17) is 23.2 Å². The fraction of sp³-hybridized carbons (Fsp3) is 0.200. The van der Waals surface area contributed by atoms with Gasteiger partial charge in [0, 0.05) is 34.7 Å². The first-order valence-electron chi connectivity index (χ1n) is 8.42. The number of halogens is 2. The summed E-state index contributed by atoms with van der Waals surface area (Å²) < 4.78 is 2.01. The Kier molecular flexibility index (Phi) is 6.83. The second kappa shape index (κ2) is 9.31. The Morgan fingerprint density at radius 1 is 1.15 bits per heavy atom. The average Bonchev–Trinajstić information content (AvgIpc) is 3.08. The van der Waals surface area contributed by atoms with Gasteiger partial charge in [-0.2, -0.15) is 0 Å². The Hall–Kier alpha value is -1.95. The summed E-state index contributed by atoms with van der Waals surface area (Å²) in [6.45, 7) is 2.41. The third kappa shape index (κ3) is 5.06. The predicted molar refractivity (Wildman–Crippen MR) is 113 cm³/mol. The molecule has 1 N–H and O–H groups in total. The number of para-hydroxylation sites is 1. The lowest BCUT2D eigenvalue weighted by atomic mass is 10.1. The predicted octanol–water partition coefficient (Wildman–Crippen LogP) is 5.04. The van der Waals surface area contributed by atoms with Crippen LogP contribution in [0.5, 0.6) is 0 Å². The molecule has 1 amide bonds. The molecule has 7 heteroatoms. The third-order valence-corrected chi connectivity index (χ3v) is 5.76. The van der Waals surface area contributed by atoms with E-state index in [1.807, 2.05) is 48.0 Å². The maximum absolute atomic E-state index is 12.2. The molecule has 2 aromatic carbocycles. The molecular weight excluding hydrogens is 401 g/mol. The number of imidazole rings is 1. The fourth-order valence-corrected chi connectivity index (χ4v) is 4.28. The van der Waals surface area contributed by atoms with Crippen molar-refractivity contribution in [2.45, 2.75) is 19.2 Å². The lowest BCUT2D eigenvalue weighted by Gasteiger charge is -2.13. The summed E-state index contributed by atoms with van der Waals surface area (Å²) in [4.78, 5) is 16.5. The number of aryl methyl sites for hydroxylation is 1. The Bertz CT molecular complexity index is 922. The Morgan fingerprint density at radius 2 is 1.89 bits per heavy atom. The zero-order chi connectivity index (χ0) is 19.2. The first kappa shape index (κ1) is 19.8. The van der Waals surface area contributed by atoms with E-state index in [1.54, 1.807) is 18.3 Å². The highest BCUT2D eigenvalue weighted by Crippen LogP contribution is 2.28. The molecule has 0 radical (unpaired) electrons. The highest BCUT2D eigenvalue weighted by atomic mass is 35.5. The number of thioether (sulfide) groups is 1. The summed E-state index contributed by atoms with van der Waals surface area (Å²) in [6.07, 6.45) is 3.68. The van der Waals surface area contributed by atoms with E-state index in [1.165, 1.54) is 11.8 Å². The molecule has 1 heterocycles. The molecule has 3 aromatic rings. The van der Waals surface area contributed by atoms with Gasteiger partial charge in [0.2, 0.25) is 5.91 Å². The van der Waals surface area contributed by atoms with Crippen LogP contribution < -0.4 is 5.32 Å². The van der Waals surface area contributed by atoms with E-state index in [9.17, 15) is 4.79 Å². The number of amides is 1. The van der Waals surface area contributed by atoms with Gasteiger partial charge in [0.25, 0.3) is 0 Å². The van der Waals surface area contributed by atoms with Crippen LogP contribution in [-0.2, 0) is 17.1 Å². The van der Waals surface area contributed by atoms with E-state index >= 15 is 0 Å². The molecule has 0 aliphatic carbocycles. The standard InChI is InChI=1S/C20H19Cl2N3OS/c1-14-23-9-10-25(14)19-8-3-2-5-15(19)11-24-20(26)13-27-12-16-17(21)6-4-7-18(16)22/h2-10H,11-13H2,1H3,(H,24,26). The van der Waals surface area contributed by atoms with Crippen LogP contribution in [0.4, 0.5) is 0 Å². The summed E-state index contributed by atoms with van der Waals surface area (Å²) in [6, 6.07) is 13.4. The van der Waals surface area contributed by atoms with Crippen LogP contribution in [0.2, 0.25) is 10.0 Å². The molecule has 0 fully saturated rings. The highest BCUT2D eigenvalue weighted by Gasteiger charge is 2.10. The van der Waals surface area contributed by atoms with Gasteiger partial charge in [-0.25, -0.2) is 4.98 Å². The zero-order valence-corrected chi connectivity index (χ0v) is 17.1. The van der Waals surface area contributed by atoms with Gasteiger partial charge in [0.1, 0.15) is 5.82 Å². The minimum Gasteiger partial charge on any atom is -0.351 e. The second-order valence-electron chi connectivity index (χ2n) is 5.94. The summed E-state index contributed by atoms with van der Waals surface area (Å²) in [5.74, 6) is 1.81. The number of aromatic nitrogens is 2. The molecular formula is C20H19Cl2N3OS. The lowest BCUT2D eigenvalue weighted by molar-refractivity contribution is -0.118. The quantitative estimate of drug-likeness (QED) is 0.583. The number of benzene rings is 2. The molecule has 1 aromatic heterocycles. The number of hydrogen-bond acceptors (Lipinski definition) is 3. The van der Waals surface area contributed by atoms with Crippen LogP contribution in [0.3, 0.4) is 0 Å². The minimum atomic E-state index is -0.0275. The summed E-state index contributed by atoms with van der Waals surface area (Å²) >= 11 is 13.8. The van der Waals surface area contributed by atoms with Crippen LogP contribution in [0.1, 0.15) is 17.0 Å². The van der Waals surface area contributed by atoms with Crippen molar-refractivity contribution in [2.75, 3.05) is 5.75 Å². The van der Waals surface area contributed by atoms with Gasteiger partial charge in [-0.05, 0) is 36.2 Å². The number of rotatable bonds is 7. The van der Waals surface area contributed by atoms with Gasteiger partial charge in [0.15, 0.2) is 0 Å². The molecule has 0 bridgehead atoms. The van der Waals surface area contributed by atoms with Crippen molar-refractivity contribution in [2.24, 2.45) is 0 Å². The third-order valence-electron chi connectivity index (χ3n) is 4.09. The normalized spacial score (nSPS) is 10.8. The first-order chi connectivity index (χ1) is 13.1. The number of carbonyl (C=O) groups excluding carboxylic acids is 1. The first-order valence-corrected chi connectivity index (χ1v) is 10.3. The maximum Gasteiger partial charge on any atom is 0.230 e. The second-order valence-corrected chi connectivity index (χ2v) is 7.74. The van der Waals surface area contributed by atoms with Crippen molar-refractivity contribution in [3.63, 3.8) is 0 Å².